The number of hydrogen-bond donors (Lipinski definition) is 1. The summed E-state index contributed by atoms with van der Waals surface area (Å²) in [4.78, 5) is 38.1. The zero-order valence-electron chi connectivity index (χ0n) is 21.4. The molecule has 0 unspecified atom stereocenters. The minimum absolute atomic E-state index is 0.0837. The van der Waals surface area contributed by atoms with E-state index in [9.17, 15) is 14.0 Å². The molecule has 4 heterocycles. The summed E-state index contributed by atoms with van der Waals surface area (Å²) >= 11 is 0. The van der Waals surface area contributed by atoms with Crippen LogP contribution in [-0.4, -0.2) is 39.6 Å². The molecule has 5 rings (SSSR count). The highest BCUT2D eigenvalue weighted by Crippen LogP contribution is 2.35. The second kappa shape index (κ2) is 10.8. The van der Waals surface area contributed by atoms with Gasteiger partial charge in [0.15, 0.2) is 23.1 Å². The topological polar surface area (TPSA) is 117 Å². The van der Waals surface area contributed by atoms with Gasteiger partial charge in [-0.2, -0.15) is 4.39 Å². The van der Waals surface area contributed by atoms with E-state index in [1.807, 2.05) is 0 Å². The molecule has 0 aliphatic rings. The number of halogens is 2. The number of aryl methyl sites for hydroxylation is 1. The van der Waals surface area contributed by atoms with Crippen molar-refractivity contribution in [3.63, 3.8) is 0 Å². The Balaban J connectivity index is 1.40. The molecule has 0 aliphatic carbocycles. The number of methoxy groups -OCH3 is 2. The second-order valence-electron chi connectivity index (χ2n) is 8.44. The number of anilines is 1. The Morgan fingerprint density at radius 2 is 1.70 bits per heavy atom. The van der Waals surface area contributed by atoms with E-state index >= 15 is 4.39 Å². The molecule has 1 N–H and O–H groups in total. The lowest BCUT2D eigenvalue weighted by Gasteiger charge is -2.13. The van der Waals surface area contributed by atoms with Crippen molar-refractivity contribution in [1.29, 1.82) is 0 Å². The van der Waals surface area contributed by atoms with E-state index in [0.29, 0.717) is 22.5 Å². The minimum atomic E-state index is -0.781. The van der Waals surface area contributed by atoms with Crippen LogP contribution in [-0.2, 0) is 0 Å². The van der Waals surface area contributed by atoms with Gasteiger partial charge in [-0.25, -0.2) is 14.4 Å². The van der Waals surface area contributed by atoms with E-state index < -0.39 is 23.2 Å². The molecular formula is C28H21F2N5O5. The van der Waals surface area contributed by atoms with Gasteiger partial charge in [-0.3, -0.25) is 19.1 Å². The summed E-state index contributed by atoms with van der Waals surface area (Å²) in [6.07, 6.45) is 2.69. The number of ether oxygens (including phenoxy) is 3. The molecule has 40 heavy (non-hydrogen) atoms. The van der Waals surface area contributed by atoms with E-state index in [-0.39, 0.29) is 34.3 Å². The average Bonchev–Trinajstić information content (AvgIpc) is 2.94. The van der Waals surface area contributed by atoms with Gasteiger partial charge >= 0.3 is 0 Å². The Morgan fingerprint density at radius 1 is 0.900 bits per heavy atom. The monoisotopic (exact) mass is 545 g/mol. The molecule has 0 radical (unpaired) electrons. The Morgan fingerprint density at radius 3 is 2.42 bits per heavy atom. The fraction of sp³-hybridized carbons (Fsp3) is 0.107. The summed E-state index contributed by atoms with van der Waals surface area (Å²) in [5.41, 5.74) is 0.648. The van der Waals surface area contributed by atoms with Crippen LogP contribution in [0.3, 0.4) is 0 Å². The first-order chi connectivity index (χ1) is 19.3. The maximum Gasteiger partial charge on any atom is 0.268 e. The number of hydrogen-bond acceptors (Lipinski definition) is 8. The molecule has 10 nitrogen and oxygen atoms in total. The Kier molecular flexibility index (Phi) is 7.06. The minimum Gasteiger partial charge on any atom is -0.491 e. The van der Waals surface area contributed by atoms with Crippen molar-refractivity contribution in [2.24, 2.45) is 0 Å². The van der Waals surface area contributed by atoms with Gasteiger partial charge in [0, 0.05) is 48.0 Å². The molecule has 5 aromatic rings. The molecule has 202 valence electrons. The normalized spacial score (nSPS) is 10.8. The summed E-state index contributed by atoms with van der Waals surface area (Å²) < 4.78 is 46.1. The molecule has 0 bridgehead atoms. The van der Waals surface area contributed by atoms with Gasteiger partial charge in [-0.05, 0) is 37.3 Å². The number of carbonyl (C=O) groups is 1. The second-order valence-corrected chi connectivity index (χ2v) is 8.44. The van der Waals surface area contributed by atoms with Crippen LogP contribution in [0.25, 0.3) is 16.7 Å². The fourth-order valence-corrected chi connectivity index (χ4v) is 4.02. The van der Waals surface area contributed by atoms with Gasteiger partial charge in [-0.15, -0.1) is 0 Å². The van der Waals surface area contributed by atoms with Gasteiger partial charge in [0.05, 0.1) is 25.4 Å². The maximum atomic E-state index is 15.0. The predicted molar refractivity (Wildman–Crippen MR) is 142 cm³/mol. The Hall–Kier alpha value is -5.39. The van der Waals surface area contributed by atoms with Gasteiger partial charge in [0.25, 0.3) is 17.3 Å². The van der Waals surface area contributed by atoms with Gasteiger partial charge in [0.2, 0.25) is 5.95 Å². The molecule has 0 atom stereocenters. The van der Waals surface area contributed by atoms with Crippen LogP contribution in [0.15, 0.2) is 71.8 Å². The highest BCUT2D eigenvalue weighted by Gasteiger charge is 2.18. The SMILES string of the molecule is COc1cc2nccc(Oc3ccc(NC(=O)c4ccc(C)n(-c5ccnc(F)c5)c4=O)cc3F)c2nc1OC. The molecule has 1 amide bonds. The zero-order chi connectivity index (χ0) is 28.4. The number of pyridine rings is 4. The van der Waals surface area contributed by atoms with Crippen LogP contribution < -0.4 is 25.1 Å². The highest BCUT2D eigenvalue weighted by atomic mass is 19.1. The van der Waals surface area contributed by atoms with Crippen LogP contribution in [0.4, 0.5) is 14.5 Å². The molecule has 0 saturated heterocycles. The number of rotatable bonds is 7. The lowest BCUT2D eigenvalue weighted by Crippen LogP contribution is -2.29. The predicted octanol–water partition coefficient (Wildman–Crippen LogP) is 4.82. The third-order valence-corrected chi connectivity index (χ3v) is 5.92. The zero-order valence-corrected chi connectivity index (χ0v) is 21.4. The summed E-state index contributed by atoms with van der Waals surface area (Å²) in [5, 5.41) is 2.51. The number of aromatic nitrogens is 4. The third-order valence-electron chi connectivity index (χ3n) is 5.92. The van der Waals surface area contributed by atoms with E-state index in [4.69, 9.17) is 14.2 Å². The lowest BCUT2D eigenvalue weighted by molar-refractivity contribution is 0.102. The van der Waals surface area contributed by atoms with Crippen molar-refractivity contribution in [3.05, 3.63) is 100 Å². The number of fused-ring (bicyclic) bond motifs is 1. The number of nitrogens with zero attached hydrogens (tertiary/aromatic N) is 4. The standard InChI is InChI=1S/C28H21F2N5O5/c1-15-4-6-18(28(37)35(15)17-8-10-32-24(30)13-17)26(36)33-16-5-7-21(19(29)12-16)40-22-9-11-31-20-14-23(38-2)27(39-3)34-25(20)22/h4-14H,1-3H3,(H,33,36). The number of benzene rings is 1. The van der Waals surface area contributed by atoms with Crippen LogP contribution in [0.2, 0.25) is 0 Å². The summed E-state index contributed by atoms with van der Waals surface area (Å²) in [5.74, 6) is -1.67. The first-order valence-corrected chi connectivity index (χ1v) is 11.8. The average molecular weight is 546 g/mol. The summed E-state index contributed by atoms with van der Waals surface area (Å²) in [6, 6.07) is 12.4. The van der Waals surface area contributed by atoms with E-state index in [2.05, 4.69) is 20.3 Å². The lowest BCUT2D eigenvalue weighted by atomic mass is 10.2. The Labute approximate surface area is 225 Å². The molecule has 0 saturated carbocycles. The molecule has 12 heteroatoms. The highest BCUT2D eigenvalue weighted by molar-refractivity contribution is 6.04. The van der Waals surface area contributed by atoms with Crippen LogP contribution in [0.1, 0.15) is 16.1 Å². The third kappa shape index (κ3) is 5.01. The van der Waals surface area contributed by atoms with Gasteiger partial charge in [-0.1, -0.05) is 0 Å². The van der Waals surface area contributed by atoms with Crippen molar-refractivity contribution in [2.75, 3.05) is 19.5 Å². The maximum absolute atomic E-state index is 15.0. The molecule has 0 aliphatic heterocycles. The largest absolute Gasteiger partial charge is 0.491 e. The number of carbonyl (C=O) groups excluding carboxylic acids is 1. The van der Waals surface area contributed by atoms with Crippen molar-refractivity contribution < 1.29 is 27.8 Å². The van der Waals surface area contributed by atoms with Crippen LogP contribution in [0, 0.1) is 18.7 Å². The number of nitrogens with one attached hydrogen (secondary N) is 1. The van der Waals surface area contributed by atoms with Gasteiger partial charge in [0.1, 0.15) is 11.1 Å². The van der Waals surface area contributed by atoms with Crippen molar-refractivity contribution in [2.45, 2.75) is 6.92 Å². The smallest absolute Gasteiger partial charge is 0.268 e. The van der Waals surface area contributed by atoms with E-state index in [1.54, 1.807) is 19.1 Å². The summed E-state index contributed by atoms with van der Waals surface area (Å²) in [7, 11) is 2.91. The fourth-order valence-electron chi connectivity index (χ4n) is 4.02. The first kappa shape index (κ1) is 26.2. The van der Waals surface area contributed by atoms with Crippen molar-refractivity contribution in [3.8, 4) is 28.8 Å². The number of amides is 1. The van der Waals surface area contributed by atoms with Gasteiger partial charge < -0.3 is 19.5 Å². The molecule has 4 aromatic heterocycles. The van der Waals surface area contributed by atoms with Crippen molar-refractivity contribution >= 4 is 22.6 Å². The summed E-state index contributed by atoms with van der Waals surface area (Å²) in [6.45, 7) is 1.64. The van der Waals surface area contributed by atoms with E-state index in [1.165, 1.54) is 61.5 Å². The molecule has 0 spiro atoms. The van der Waals surface area contributed by atoms with Crippen LogP contribution >= 0.6 is 0 Å². The molecule has 1 aromatic carbocycles. The van der Waals surface area contributed by atoms with E-state index in [0.717, 1.165) is 12.1 Å². The first-order valence-electron chi connectivity index (χ1n) is 11.8. The Bertz CT molecular complexity index is 1830. The molecular weight excluding hydrogens is 524 g/mol. The van der Waals surface area contributed by atoms with Crippen molar-refractivity contribution in [1.82, 2.24) is 19.5 Å². The van der Waals surface area contributed by atoms with Crippen LogP contribution in [0.5, 0.6) is 23.1 Å². The molecule has 0 fully saturated rings. The quantitative estimate of drug-likeness (QED) is 0.289.